The van der Waals surface area contributed by atoms with Gasteiger partial charge in [0.1, 0.15) is 5.82 Å². The average molecular weight is 369 g/mol. The number of aromatic nitrogens is 2. The average Bonchev–Trinajstić information content (AvgIpc) is 3.18. The van der Waals surface area contributed by atoms with Crippen LogP contribution in [0.5, 0.6) is 0 Å². The van der Waals surface area contributed by atoms with E-state index in [2.05, 4.69) is 49.4 Å². The molecule has 2 fully saturated rings. The van der Waals surface area contributed by atoms with Crippen molar-refractivity contribution in [3.05, 3.63) is 36.0 Å². The van der Waals surface area contributed by atoms with Crippen LogP contribution in [0.15, 0.2) is 30.3 Å². The molecule has 0 spiro atoms. The fourth-order valence-electron chi connectivity index (χ4n) is 3.76. The van der Waals surface area contributed by atoms with E-state index < -0.39 is 0 Å². The van der Waals surface area contributed by atoms with E-state index in [0.29, 0.717) is 5.95 Å². The van der Waals surface area contributed by atoms with Crippen molar-refractivity contribution in [2.75, 3.05) is 54.6 Å². The molecule has 0 bridgehead atoms. The van der Waals surface area contributed by atoms with Gasteiger partial charge in [0, 0.05) is 42.8 Å². The van der Waals surface area contributed by atoms with Crippen molar-refractivity contribution < 1.29 is 9.84 Å². The van der Waals surface area contributed by atoms with Crippen molar-refractivity contribution in [3.8, 4) is 0 Å². The molecule has 1 atom stereocenters. The minimum Gasteiger partial charge on any atom is -0.394 e. The van der Waals surface area contributed by atoms with Crippen molar-refractivity contribution in [2.24, 2.45) is 0 Å². The number of hydrogen-bond acceptors (Lipinski definition) is 7. The number of rotatable bonds is 5. The lowest BCUT2D eigenvalue weighted by Crippen LogP contribution is -2.36. The van der Waals surface area contributed by atoms with Gasteiger partial charge in [-0.3, -0.25) is 0 Å². The third-order valence-electron chi connectivity index (χ3n) is 5.20. The van der Waals surface area contributed by atoms with Crippen LogP contribution in [0.3, 0.4) is 0 Å². The molecule has 144 valence electrons. The molecule has 2 aliphatic rings. The third kappa shape index (κ3) is 4.14. The summed E-state index contributed by atoms with van der Waals surface area (Å²) in [5.41, 5.74) is 3.12. The van der Waals surface area contributed by atoms with Crippen LogP contribution in [0, 0.1) is 6.92 Å². The Bertz CT molecular complexity index is 761. The minimum atomic E-state index is 0.118. The molecule has 1 aromatic carbocycles. The summed E-state index contributed by atoms with van der Waals surface area (Å²) in [5, 5.41) is 13.0. The summed E-state index contributed by atoms with van der Waals surface area (Å²) in [4.78, 5) is 13.7. The van der Waals surface area contributed by atoms with Crippen molar-refractivity contribution in [2.45, 2.75) is 25.8 Å². The Morgan fingerprint density at radius 3 is 2.67 bits per heavy atom. The number of ether oxygens (including phenoxy) is 1. The molecule has 2 aromatic rings. The van der Waals surface area contributed by atoms with Crippen LogP contribution in [-0.2, 0) is 4.74 Å². The van der Waals surface area contributed by atoms with Crippen LogP contribution >= 0.6 is 0 Å². The predicted molar refractivity (Wildman–Crippen MR) is 107 cm³/mol. The Labute approximate surface area is 160 Å². The van der Waals surface area contributed by atoms with Crippen LogP contribution in [-0.4, -0.2) is 60.6 Å². The Hall–Kier alpha value is -2.38. The zero-order valence-corrected chi connectivity index (χ0v) is 15.8. The molecule has 0 saturated carbocycles. The van der Waals surface area contributed by atoms with Gasteiger partial charge in [0.05, 0.1) is 25.9 Å². The van der Waals surface area contributed by atoms with E-state index >= 15 is 0 Å². The van der Waals surface area contributed by atoms with Crippen LogP contribution in [0.1, 0.15) is 18.5 Å². The van der Waals surface area contributed by atoms with Crippen LogP contribution in [0.25, 0.3) is 0 Å². The highest BCUT2D eigenvalue weighted by Crippen LogP contribution is 2.26. The molecule has 7 nitrogen and oxygen atoms in total. The zero-order chi connectivity index (χ0) is 18.6. The molecule has 0 aliphatic carbocycles. The fraction of sp³-hybridized carbons (Fsp3) is 0.500. The fourth-order valence-corrected chi connectivity index (χ4v) is 3.76. The van der Waals surface area contributed by atoms with Gasteiger partial charge in [-0.2, -0.15) is 4.98 Å². The van der Waals surface area contributed by atoms with Gasteiger partial charge < -0.3 is 25.0 Å². The highest BCUT2D eigenvalue weighted by Gasteiger charge is 2.26. The smallest absolute Gasteiger partial charge is 0.227 e. The van der Waals surface area contributed by atoms with Gasteiger partial charge in [-0.1, -0.05) is 0 Å². The highest BCUT2D eigenvalue weighted by molar-refractivity contribution is 5.62. The standard InChI is InChI=1S/C20H27N5O2/c1-15-13-19(23-20(21-15)25-8-2-3-18(25)14-26)22-16-4-6-17(7-5-16)24-9-11-27-12-10-24/h4-7,13,18,26H,2-3,8-12,14H2,1H3,(H,21,22,23). The second kappa shape index (κ2) is 8.10. The van der Waals surface area contributed by atoms with Gasteiger partial charge in [0.25, 0.3) is 0 Å². The van der Waals surface area contributed by atoms with Crippen LogP contribution in [0.4, 0.5) is 23.1 Å². The van der Waals surface area contributed by atoms with Crippen LogP contribution < -0.4 is 15.1 Å². The summed E-state index contributed by atoms with van der Waals surface area (Å²) < 4.78 is 5.42. The second-order valence-corrected chi connectivity index (χ2v) is 7.14. The monoisotopic (exact) mass is 369 g/mol. The van der Waals surface area contributed by atoms with E-state index in [1.807, 2.05) is 13.0 Å². The molecule has 7 heteroatoms. The maximum absolute atomic E-state index is 9.58. The first-order chi connectivity index (χ1) is 13.2. The van der Waals surface area contributed by atoms with Crippen molar-refractivity contribution in [1.82, 2.24) is 9.97 Å². The molecule has 0 amide bonds. The van der Waals surface area contributed by atoms with E-state index in [4.69, 9.17) is 4.74 Å². The van der Waals surface area contributed by atoms with E-state index in [9.17, 15) is 5.11 Å². The SMILES string of the molecule is Cc1cc(Nc2ccc(N3CCOCC3)cc2)nc(N2CCCC2CO)n1. The minimum absolute atomic E-state index is 0.118. The zero-order valence-electron chi connectivity index (χ0n) is 15.8. The summed E-state index contributed by atoms with van der Waals surface area (Å²) >= 11 is 0. The van der Waals surface area contributed by atoms with E-state index in [1.54, 1.807) is 0 Å². The predicted octanol–water partition coefficient (Wildman–Crippen LogP) is 2.33. The number of hydrogen-bond donors (Lipinski definition) is 2. The number of nitrogens with one attached hydrogen (secondary N) is 1. The Morgan fingerprint density at radius 1 is 1.15 bits per heavy atom. The largest absolute Gasteiger partial charge is 0.394 e. The molecule has 0 radical (unpaired) electrons. The lowest BCUT2D eigenvalue weighted by molar-refractivity contribution is 0.122. The first kappa shape index (κ1) is 18.0. The number of morpholine rings is 1. The van der Waals surface area contributed by atoms with E-state index in [-0.39, 0.29) is 12.6 Å². The van der Waals surface area contributed by atoms with E-state index in [1.165, 1.54) is 5.69 Å². The number of aliphatic hydroxyl groups excluding tert-OH is 1. The highest BCUT2D eigenvalue weighted by atomic mass is 16.5. The number of nitrogens with zero attached hydrogens (tertiary/aromatic N) is 4. The number of benzene rings is 1. The summed E-state index contributed by atoms with van der Waals surface area (Å²) in [5.74, 6) is 1.47. The van der Waals surface area contributed by atoms with Gasteiger partial charge in [-0.15, -0.1) is 0 Å². The van der Waals surface area contributed by atoms with E-state index in [0.717, 1.165) is 62.9 Å². The van der Waals surface area contributed by atoms with Gasteiger partial charge >= 0.3 is 0 Å². The first-order valence-electron chi connectivity index (χ1n) is 9.66. The molecular weight excluding hydrogens is 342 g/mol. The first-order valence-corrected chi connectivity index (χ1v) is 9.66. The van der Waals surface area contributed by atoms with Gasteiger partial charge in [0.15, 0.2) is 0 Å². The summed E-state index contributed by atoms with van der Waals surface area (Å²) in [6, 6.07) is 10.5. The molecule has 1 unspecified atom stereocenters. The molecular formula is C20H27N5O2. The Balaban J connectivity index is 1.49. The molecule has 2 saturated heterocycles. The Kier molecular flexibility index (Phi) is 5.40. The molecule has 27 heavy (non-hydrogen) atoms. The third-order valence-corrected chi connectivity index (χ3v) is 5.20. The summed E-state index contributed by atoms with van der Waals surface area (Å²) in [7, 11) is 0. The Morgan fingerprint density at radius 2 is 1.93 bits per heavy atom. The lowest BCUT2D eigenvalue weighted by atomic mass is 10.2. The number of aliphatic hydroxyl groups is 1. The quantitative estimate of drug-likeness (QED) is 0.838. The number of aryl methyl sites for hydroxylation is 1. The molecule has 4 rings (SSSR count). The summed E-state index contributed by atoms with van der Waals surface area (Å²) in [6.07, 6.45) is 2.05. The number of anilines is 4. The van der Waals surface area contributed by atoms with Crippen molar-refractivity contribution in [1.29, 1.82) is 0 Å². The second-order valence-electron chi connectivity index (χ2n) is 7.14. The van der Waals surface area contributed by atoms with Crippen LogP contribution in [0.2, 0.25) is 0 Å². The molecule has 2 aliphatic heterocycles. The maximum atomic E-state index is 9.58. The van der Waals surface area contributed by atoms with Crippen molar-refractivity contribution >= 4 is 23.1 Å². The lowest BCUT2D eigenvalue weighted by Gasteiger charge is -2.29. The normalized spacial score (nSPS) is 20.1. The summed E-state index contributed by atoms with van der Waals surface area (Å²) in [6.45, 7) is 6.45. The van der Waals surface area contributed by atoms with Gasteiger partial charge in [-0.25, -0.2) is 4.98 Å². The molecule has 3 heterocycles. The molecule has 2 N–H and O–H groups in total. The molecule has 1 aromatic heterocycles. The van der Waals surface area contributed by atoms with Gasteiger partial charge in [-0.05, 0) is 44.0 Å². The van der Waals surface area contributed by atoms with Crippen molar-refractivity contribution in [3.63, 3.8) is 0 Å². The van der Waals surface area contributed by atoms with Gasteiger partial charge in [0.2, 0.25) is 5.95 Å². The topological polar surface area (TPSA) is 73.8 Å². The maximum Gasteiger partial charge on any atom is 0.227 e.